The Bertz CT molecular complexity index is 700. The van der Waals surface area contributed by atoms with Crippen LogP contribution in [0.5, 0.6) is 0 Å². The van der Waals surface area contributed by atoms with Crippen molar-refractivity contribution in [2.75, 3.05) is 17.2 Å². The molecule has 0 bridgehead atoms. The van der Waals surface area contributed by atoms with Crippen LogP contribution >= 0.6 is 0 Å². The predicted octanol–water partition coefficient (Wildman–Crippen LogP) is 7.81. The van der Waals surface area contributed by atoms with E-state index in [4.69, 9.17) is 9.97 Å². The minimum Gasteiger partial charge on any atom is -0.370 e. The summed E-state index contributed by atoms with van der Waals surface area (Å²) >= 11 is 0. The van der Waals surface area contributed by atoms with Gasteiger partial charge < -0.3 is 10.6 Å². The van der Waals surface area contributed by atoms with Crippen molar-refractivity contribution in [2.45, 2.75) is 97.8 Å². The van der Waals surface area contributed by atoms with E-state index in [1.165, 1.54) is 69.8 Å². The molecule has 2 N–H and O–H groups in total. The summed E-state index contributed by atoms with van der Waals surface area (Å²) in [5.74, 6) is 1.67. The molecule has 0 spiro atoms. The Morgan fingerprint density at radius 2 is 1.37 bits per heavy atom. The number of nitrogens with one attached hydrogen (secondary N) is 2. The van der Waals surface area contributed by atoms with Gasteiger partial charge in [0.05, 0.1) is 0 Å². The molecule has 1 heterocycles. The van der Waals surface area contributed by atoms with Crippen LogP contribution < -0.4 is 10.6 Å². The molecular weight excluding hydrogens is 368 g/mol. The van der Waals surface area contributed by atoms with E-state index >= 15 is 0 Å². The van der Waals surface area contributed by atoms with E-state index in [2.05, 4.69) is 31.4 Å². The lowest BCUT2D eigenvalue weighted by atomic mass is 10.1. The van der Waals surface area contributed by atoms with E-state index in [-0.39, 0.29) is 0 Å². The maximum Gasteiger partial charge on any atom is 0.229 e. The zero-order valence-corrected chi connectivity index (χ0v) is 19.5. The molecule has 1 aromatic carbocycles. The molecule has 0 atom stereocenters. The van der Waals surface area contributed by atoms with Gasteiger partial charge in [0.25, 0.3) is 0 Å². The molecule has 0 aliphatic carbocycles. The molecular formula is C26H42N4. The normalized spacial score (nSPS) is 10.9. The topological polar surface area (TPSA) is 49.8 Å². The summed E-state index contributed by atoms with van der Waals surface area (Å²) in [7, 11) is 0. The Morgan fingerprint density at radius 1 is 0.733 bits per heavy atom. The quantitative estimate of drug-likeness (QED) is 0.277. The molecule has 0 aliphatic rings. The second kappa shape index (κ2) is 14.8. The molecule has 0 saturated heterocycles. The lowest BCUT2D eigenvalue weighted by Crippen LogP contribution is -2.11. The number of para-hydroxylation sites is 1. The van der Waals surface area contributed by atoms with E-state index in [1.54, 1.807) is 0 Å². The smallest absolute Gasteiger partial charge is 0.229 e. The zero-order valence-electron chi connectivity index (χ0n) is 19.5. The van der Waals surface area contributed by atoms with Gasteiger partial charge in [0.2, 0.25) is 5.95 Å². The van der Waals surface area contributed by atoms with E-state index < -0.39 is 0 Å². The van der Waals surface area contributed by atoms with Crippen molar-refractivity contribution in [3.8, 4) is 0 Å². The van der Waals surface area contributed by atoms with E-state index in [9.17, 15) is 0 Å². The van der Waals surface area contributed by atoms with Crippen molar-refractivity contribution >= 4 is 17.5 Å². The van der Waals surface area contributed by atoms with Crippen LogP contribution in [0, 0.1) is 6.92 Å². The van der Waals surface area contributed by atoms with Crippen LogP contribution in [0.25, 0.3) is 0 Å². The van der Waals surface area contributed by atoms with Crippen molar-refractivity contribution in [3.63, 3.8) is 0 Å². The summed E-state index contributed by atoms with van der Waals surface area (Å²) in [6, 6.07) is 10.1. The molecule has 0 aliphatic heterocycles. The average molecular weight is 411 g/mol. The SMILES string of the molecule is CCCCCCCCCCCCNc1nc(Nc2ccccc2)nc(C)c1CCC. The fourth-order valence-electron chi connectivity index (χ4n) is 3.82. The van der Waals surface area contributed by atoms with Gasteiger partial charge in [-0.15, -0.1) is 0 Å². The monoisotopic (exact) mass is 410 g/mol. The average Bonchev–Trinajstić information content (AvgIpc) is 2.75. The van der Waals surface area contributed by atoms with E-state index in [0.717, 1.165) is 36.6 Å². The number of aryl methyl sites for hydroxylation is 1. The number of aromatic nitrogens is 2. The number of anilines is 3. The first-order valence-corrected chi connectivity index (χ1v) is 12.2. The number of nitrogens with zero attached hydrogens (tertiary/aromatic N) is 2. The molecule has 4 nitrogen and oxygen atoms in total. The fraction of sp³-hybridized carbons (Fsp3) is 0.615. The highest BCUT2D eigenvalue weighted by Gasteiger charge is 2.11. The number of hydrogen-bond donors (Lipinski definition) is 2. The van der Waals surface area contributed by atoms with Crippen molar-refractivity contribution in [1.82, 2.24) is 9.97 Å². The van der Waals surface area contributed by atoms with Gasteiger partial charge in [0.15, 0.2) is 0 Å². The van der Waals surface area contributed by atoms with Gasteiger partial charge in [0.1, 0.15) is 5.82 Å². The van der Waals surface area contributed by atoms with Crippen molar-refractivity contribution in [1.29, 1.82) is 0 Å². The Balaban J connectivity index is 1.77. The number of unbranched alkanes of at least 4 members (excludes halogenated alkanes) is 9. The van der Waals surface area contributed by atoms with Crippen molar-refractivity contribution in [2.24, 2.45) is 0 Å². The van der Waals surface area contributed by atoms with Crippen LogP contribution in [0.4, 0.5) is 17.5 Å². The molecule has 1 aromatic heterocycles. The molecule has 2 rings (SSSR count). The largest absolute Gasteiger partial charge is 0.370 e. The van der Waals surface area contributed by atoms with Crippen LogP contribution in [0.15, 0.2) is 30.3 Å². The first-order valence-electron chi connectivity index (χ1n) is 12.2. The fourth-order valence-corrected chi connectivity index (χ4v) is 3.82. The van der Waals surface area contributed by atoms with Crippen LogP contribution in [0.2, 0.25) is 0 Å². The molecule has 4 heteroatoms. The molecule has 2 aromatic rings. The molecule has 0 saturated carbocycles. The summed E-state index contributed by atoms with van der Waals surface area (Å²) in [5.41, 5.74) is 3.33. The lowest BCUT2D eigenvalue weighted by molar-refractivity contribution is 0.559. The maximum atomic E-state index is 4.80. The third-order valence-electron chi connectivity index (χ3n) is 5.57. The van der Waals surface area contributed by atoms with Gasteiger partial charge in [-0.3, -0.25) is 0 Å². The van der Waals surface area contributed by atoms with Crippen molar-refractivity contribution in [3.05, 3.63) is 41.6 Å². The van der Waals surface area contributed by atoms with E-state index in [1.807, 2.05) is 30.3 Å². The minimum atomic E-state index is 0.670. The van der Waals surface area contributed by atoms with Crippen molar-refractivity contribution < 1.29 is 0 Å². The molecule has 166 valence electrons. The highest BCUT2D eigenvalue weighted by atomic mass is 15.1. The Kier molecular flexibility index (Phi) is 11.9. The summed E-state index contributed by atoms with van der Waals surface area (Å²) in [6.45, 7) is 7.56. The van der Waals surface area contributed by atoms with Crippen LogP contribution in [0.1, 0.15) is 95.7 Å². The molecule has 0 unspecified atom stereocenters. The second-order valence-electron chi connectivity index (χ2n) is 8.31. The molecule has 0 fully saturated rings. The molecule has 0 amide bonds. The van der Waals surface area contributed by atoms with Gasteiger partial charge >= 0.3 is 0 Å². The number of rotatable bonds is 16. The Morgan fingerprint density at radius 3 is 2.00 bits per heavy atom. The third-order valence-corrected chi connectivity index (χ3v) is 5.57. The Labute approximate surface area is 184 Å². The molecule has 30 heavy (non-hydrogen) atoms. The van der Waals surface area contributed by atoms with Gasteiger partial charge in [-0.2, -0.15) is 4.98 Å². The van der Waals surface area contributed by atoms with Gasteiger partial charge in [-0.1, -0.05) is 96.3 Å². The highest BCUT2D eigenvalue weighted by molar-refractivity contribution is 5.57. The minimum absolute atomic E-state index is 0.670. The first kappa shape index (κ1) is 24.2. The second-order valence-corrected chi connectivity index (χ2v) is 8.31. The predicted molar refractivity (Wildman–Crippen MR) is 131 cm³/mol. The third kappa shape index (κ3) is 9.15. The van der Waals surface area contributed by atoms with Crippen LogP contribution in [-0.4, -0.2) is 16.5 Å². The van der Waals surface area contributed by atoms with Gasteiger partial charge in [-0.05, 0) is 31.9 Å². The Hall–Kier alpha value is -2.10. The standard InChI is InChI=1S/C26H42N4/c1-4-6-7-8-9-10-11-12-13-17-21-27-25-24(18-5-2)22(3)28-26(30-25)29-23-19-15-14-16-20-23/h14-16,19-20H,4-13,17-18,21H2,1-3H3,(H2,27,28,29,30). The summed E-state index contributed by atoms with van der Waals surface area (Å²) in [4.78, 5) is 9.49. The molecule has 0 radical (unpaired) electrons. The van der Waals surface area contributed by atoms with Crippen LogP contribution in [-0.2, 0) is 6.42 Å². The number of benzene rings is 1. The summed E-state index contributed by atoms with van der Waals surface area (Å²) in [5, 5.41) is 6.93. The zero-order chi connectivity index (χ0) is 21.4. The van der Waals surface area contributed by atoms with E-state index in [0.29, 0.717) is 5.95 Å². The summed E-state index contributed by atoms with van der Waals surface area (Å²) < 4.78 is 0. The lowest BCUT2D eigenvalue weighted by Gasteiger charge is -2.15. The van der Waals surface area contributed by atoms with Gasteiger partial charge in [0, 0.05) is 23.5 Å². The maximum absolute atomic E-state index is 4.80. The number of hydrogen-bond acceptors (Lipinski definition) is 4. The van der Waals surface area contributed by atoms with Crippen LogP contribution in [0.3, 0.4) is 0 Å². The van der Waals surface area contributed by atoms with Gasteiger partial charge in [-0.25, -0.2) is 4.98 Å². The highest BCUT2D eigenvalue weighted by Crippen LogP contribution is 2.22. The first-order chi connectivity index (χ1) is 14.7. The summed E-state index contributed by atoms with van der Waals surface area (Å²) in [6.07, 6.45) is 15.7.